The minimum absolute atomic E-state index is 0.119. The molecule has 134 valence electrons. The van der Waals surface area contributed by atoms with Crippen LogP contribution >= 0.6 is 22.6 Å². The Morgan fingerprint density at radius 2 is 2.08 bits per heavy atom. The van der Waals surface area contributed by atoms with Crippen molar-refractivity contribution in [3.05, 3.63) is 16.1 Å². The van der Waals surface area contributed by atoms with Crippen LogP contribution in [0.2, 0.25) is 0 Å². The van der Waals surface area contributed by atoms with Gasteiger partial charge in [0.1, 0.15) is 15.1 Å². The van der Waals surface area contributed by atoms with Crippen molar-refractivity contribution in [2.75, 3.05) is 24.5 Å². The third-order valence-corrected chi connectivity index (χ3v) is 4.29. The lowest BCUT2D eigenvalue weighted by atomic mass is 10.0. The molecule has 0 spiro atoms. The van der Waals surface area contributed by atoms with Gasteiger partial charge in [-0.15, -0.1) is 0 Å². The third kappa shape index (κ3) is 5.46. The van der Waals surface area contributed by atoms with E-state index in [-0.39, 0.29) is 12.1 Å². The van der Waals surface area contributed by atoms with Gasteiger partial charge in [0.05, 0.1) is 18.4 Å². The molecular formula is C17H27IN4O2. The number of ether oxygens (including phenoxy) is 1. The van der Waals surface area contributed by atoms with Crippen molar-refractivity contribution >= 4 is 34.5 Å². The van der Waals surface area contributed by atoms with Gasteiger partial charge in [-0.05, 0) is 55.7 Å². The second-order valence-electron chi connectivity index (χ2n) is 7.60. The highest BCUT2D eigenvalue weighted by atomic mass is 127. The topological polar surface area (TPSA) is 58.6 Å². The van der Waals surface area contributed by atoms with E-state index in [1.165, 1.54) is 0 Å². The molecule has 1 aromatic heterocycles. The minimum Gasteiger partial charge on any atom is -0.444 e. The van der Waals surface area contributed by atoms with Crippen LogP contribution in [0.4, 0.5) is 10.6 Å². The van der Waals surface area contributed by atoms with Crippen molar-refractivity contribution in [2.24, 2.45) is 5.92 Å². The molecule has 0 bridgehead atoms. The van der Waals surface area contributed by atoms with Gasteiger partial charge in [0.25, 0.3) is 0 Å². The summed E-state index contributed by atoms with van der Waals surface area (Å²) < 4.78 is 6.46. The Bertz CT molecular complexity index is 574. The lowest BCUT2D eigenvalue weighted by Gasteiger charge is -2.42. The number of hydrogen-bond acceptors (Lipinski definition) is 5. The Balaban J connectivity index is 2.13. The highest BCUT2D eigenvalue weighted by molar-refractivity contribution is 14.1. The molecule has 1 saturated heterocycles. The standard InChI is InChI=1S/C17H27IN4O2/c1-12(2)8-13-11-21(15-10-19-9-14(18)20-15)6-7-22(13)16(23)24-17(3,4)5/h9-10,12-13H,6-8,11H2,1-5H3. The number of carbonyl (C=O) groups excluding carboxylic acids is 1. The first-order chi connectivity index (χ1) is 11.2. The molecule has 0 saturated carbocycles. The van der Waals surface area contributed by atoms with Crippen LogP contribution in [0.5, 0.6) is 0 Å². The number of rotatable bonds is 3. The Morgan fingerprint density at radius 1 is 1.38 bits per heavy atom. The van der Waals surface area contributed by atoms with Crippen LogP contribution in [0.1, 0.15) is 41.0 Å². The number of amides is 1. The summed E-state index contributed by atoms with van der Waals surface area (Å²) in [5.74, 6) is 1.38. The van der Waals surface area contributed by atoms with Crippen molar-refractivity contribution in [3.8, 4) is 0 Å². The molecule has 0 radical (unpaired) electrons. The molecule has 2 rings (SSSR count). The SMILES string of the molecule is CC(C)CC1CN(c2cncc(I)n2)CCN1C(=O)OC(C)(C)C. The van der Waals surface area contributed by atoms with Gasteiger partial charge in [-0.3, -0.25) is 4.98 Å². The van der Waals surface area contributed by atoms with Gasteiger partial charge in [0.15, 0.2) is 0 Å². The normalized spacial score (nSPS) is 18.9. The van der Waals surface area contributed by atoms with Crippen molar-refractivity contribution < 1.29 is 9.53 Å². The number of nitrogens with zero attached hydrogens (tertiary/aromatic N) is 4. The molecule has 1 unspecified atom stereocenters. The lowest BCUT2D eigenvalue weighted by Crippen LogP contribution is -2.56. The Hall–Kier alpha value is -1.12. The molecule has 0 aromatic carbocycles. The maximum absolute atomic E-state index is 12.6. The first-order valence-corrected chi connectivity index (χ1v) is 9.45. The number of carbonyl (C=O) groups is 1. The smallest absolute Gasteiger partial charge is 0.410 e. The molecule has 1 aliphatic heterocycles. The van der Waals surface area contributed by atoms with E-state index < -0.39 is 5.60 Å². The van der Waals surface area contributed by atoms with Gasteiger partial charge in [-0.1, -0.05) is 13.8 Å². The Morgan fingerprint density at radius 3 is 2.67 bits per heavy atom. The van der Waals surface area contributed by atoms with E-state index in [1.54, 1.807) is 12.4 Å². The summed E-state index contributed by atoms with van der Waals surface area (Å²) in [7, 11) is 0. The second kappa shape index (κ2) is 7.84. The van der Waals surface area contributed by atoms with Crippen molar-refractivity contribution in [1.29, 1.82) is 0 Å². The second-order valence-corrected chi connectivity index (χ2v) is 8.71. The zero-order chi connectivity index (χ0) is 17.9. The molecule has 7 heteroatoms. The number of hydrogen-bond donors (Lipinski definition) is 0. The average molecular weight is 446 g/mol. The van der Waals surface area contributed by atoms with Crippen LogP contribution in [-0.2, 0) is 4.74 Å². The van der Waals surface area contributed by atoms with Crippen LogP contribution < -0.4 is 4.90 Å². The number of halogens is 1. The third-order valence-electron chi connectivity index (χ3n) is 3.77. The molecule has 24 heavy (non-hydrogen) atoms. The zero-order valence-corrected chi connectivity index (χ0v) is 17.3. The van der Waals surface area contributed by atoms with Gasteiger partial charge in [0.2, 0.25) is 0 Å². The van der Waals surface area contributed by atoms with Crippen molar-refractivity contribution in [2.45, 2.75) is 52.7 Å². The van der Waals surface area contributed by atoms with Gasteiger partial charge >= 0.3 is 6.09 Å². The Kier molecular flexibility index (Phi) is 6.28. The van der Waals surface area contributed by atoms with Gasteiger partial charge in [-0.2, -0.15) is 0 Å². The lowest BCUT2D eigenvalue weighted by molar-refractivity contribution is 0.0119. The van der Waals surface area contributed by atoms with E-state index >= 15 is 0 Å². The highest BCUT2D eigenvalue weighted by Crippen LogP contribution is 2.23. The maximum atomic E-state index is 12.6. The van der Waals surface area contributed by atoms with Gasteiger partial charge in [0, 0.05) is 19.6 Å². The summed E-state index contributed by atoms with van der Waals surface area (Å²) in [5, 5.41) is 0. The van der Waals surface area contributed by atoms with Gasteiger partial charge in [-0.25, -0.2) is 9.78 Å². The summed E-state index contributed by atoms with van der Waals surface area (Å²) >= 11 is 2.17. The first-order valence-electron chi connectivity index (χ1n) is 8.38. The molecular weight excluding hydrogens is 419 g/mol. The van der Waals surface area contributed by atoms with Crippen molar-refractivity contribution in [3.63, 3.8) is 0 Å². The van der Waals surface area contributed by atoms with Crippen LogP contribution in [0.3, 0.4) is 0 Å². The fraction of sp³-hybridized carbons (Fsp3) is 0.706. The number of piperazine rings is 1. The summed E-state index contributed by atoms with van der Waals surface area (Å²) in [6.45, 7) is 12.2. The molecule has 1 aromatic rings. The molecule has 1 amide bonds. The maximum Gasteiger partial charge on any atom is 0.410 e. The molecule has 1 atom stereocenters. The molecule has 0 N–H and O–H groups in total. The summed E-state index contributed by atoms with van der Waals surface area (Å²) in [6, 6.07) is 0.119. The first kappa shape index (κ1) is 19.2. The predicted molar refractivity (Wildman–Crippen MR) is 103 cm³/mol. The average Bonchev–Trinajstić information content (AvgIpc) is 2.44. The largest absolute Gasteiger partial charge is 0.444 e. The predicted octanol–water partition coefficient (Wildman–Crippen LogP) is 3.55. The van der Waals surface area contributed by atoms with Crippen molar-refractivity contribution in [1.82, 2.24) is 14.9 Å². The summed E-state index contributed by atoms with van der Waals surface area (Å²) in [6.07, 6.45) is 4.25. The van der Waals surface area contributed by atoms with E-state index in [9.17, 15) is 4.79 Å². The fourth-order valence-electron chi connectivity index (χ4n) is 2.86. The van der Waals surface area contributed by atoms with E-state index in [2.05, 4.69) is 51.3 Å². The monoisotopic (exact) mass is 446 g/mol. The van der Waals surface area contributed by atoms with Crippen LogP contribution in [-0.4, -0.2) is 52.2 Å². The zero-order valence-electron chi connectivity index (χ0n) is 15.1. The van der Waals surface area contributed by atoms with E-state index in [0.717, 1.165) is 29.0 Å². The van der Waals surface area contributed by atoms with Crippen LogP contribution in [0.15, 0.2) is 12.4 Å². The van der Waals surface area contributed by atoms with Crippen LogP contribution in [0.25, 0.3) is 0 Å². The van der Waals surface area contributed by atoms with E-state index in [1.807, 2.05) is 25.7 Å². The summed E-state index contributed by atoms with van der Waals surface area (Å²) in [5.41, 5.74) is -0.475. The van der Waals surface area contributed by atoms with E-state index in [0.29, 0.717) is 12.5 Å². The molecule has 6 nitrogen and oxygen atoms in total. The summed E-state index contributed by atoms with van der Waals surface area (Å²) in [4.78, 5) is 25.4. The molecule has 2 heterocycles. The number of anilines is 1. The molecule has 1 aliphatic rings. The number of aromatic nitrogens is 2. The minimum atomic E-state index is -0.475. The Labute approximate surface area is 158 Å². The highest BCUT2D eigenvalue weighted by Gasteiger charge is 2.34. The molecule has 1 fully saturated rings. The van der Waals surface area contributed by atoms with Gasteiger partial charge < -0.3 is 14.5 Å². The van der Waals surface area contributed by atoms with E-state index in [4.69, 9.17) is 4.74 Å². The fourth-order valence-corrected chi connectivity index (χ4v) is 3.26. The molecule has 0 aliphatic carbocycles. The van der Waals surface area contributed by atoms with Crippen LogP contribution in [0, 0.1) is 9.62 Å². The quantitative estimate of drug-likeness (QED) is 0.665.